The van der Waals surface area contributed by atoms with Crippen LogP contribution >= 0.6 is 11.5 Å². The van der Waals surface area contributed by atoms with Crippen molar-refractivity contribution in [1.82, 2.24) is 9.27 Å². The van der Waals surface area contributed by atoms with Crippen molar-refractivity contribution in [2.24, 2.45) is 0 Å². The third-order valence-corrected chi connectivity index (χ3v) is 1.96. The molecule has 1 rings (SSSR count). The zero-order valence-corrected chi connectivity index (χ0v) is 7.39. The fourth-order valence-corrected chi connectivity index (χ4v) is 1.25. The van der Waals surface area contributed by atoms with Gasteiger partial charge < -0.3 is 4.90 Å². The third kappa shape index (κ3) is 2.40. The second kappa shape index (κ2) is 3.59. The van der Waals surface area contributed by atoms with Gasteiger partial charge in [0.25, 0.3) is 0 Å². The van der Waals surface area contributed by atoms with Crippen LogP contribution in [0.4, 0.5) is 0 Å². The van der Waals surface area contributed by atoms with Crippen molar-refractivity contribution in [2.75, 3.05) is 20.6 Å². The molecule has 3 nitrogen and oxygen atoms in total. The van der Waals surface area contributed by atoms with Crippen LogP contribution in [0.1, 0.15) is 9.67 Å². The van der Waals surface area contributed by atoms with Gasteiger partial charge in [-0.3, -0.25) is 4.79 Å². The Morgan fingerprint density at radius 2 is 2.45 bits per heavy atom. The lowest BCUT2D eigenvalue weighted by Crippen LogP contribution is -2.20. The molecule has 1 aromatic rings. The monoisotopic (exact) mass is 170 g/mol. The van der Waals surface area contributed by atoms with E-state index in [0.717, 1.165) is 4.88 Å². The predicted molar refractivity (Wildman–Crippen MR) is 45.0 cm³/mol. The maximum Gasteiger partial charge on any atom is 0.188 e. The van der Waals surface area contributed by atoms with Crippen LogP contribution in [0.3, 0.4) is 0 Å². The highest BCUT2D eigenvalue weighted by atomic mass is 32.1. The average Bonchev–Trinajstić information content (AvgIpc) is 2.35. The van der Waals surface area contributed by atoms with E-state index in [9.17, 15) is 4.79 Å². The molecule has 0 N–H and O–H groups in total. The summed E-state index contributed by atoms with van der Waals surface area (Å²) in [6, 6.07) is 1.75. The second-order valence-electron chi connectivity index (χ2n) is 2.54. The number of likely N-dealkylation sites (N-methyl/N-ethyl adjacent to an activating group) is 1. The summed E-state index contributed by atoms with van der Waals surface area (Å²) in [4.78, 5) is 13.8. The Morgan fingerprint density at radius 3 is 2.91 bits per heavy atom. The molecule has 0 amide bonds. The van der Waals surface area contributed by atoms with Crippen molar-refractivity contribution in [3.05, 3.63) is 17.1 Å². The first-order valence-electron chi connectivity index (χ1n) is 3.29. The predicted octanol–water partition coefficient (Wildman–Crippen LogP) is 0.887. The Balaban J connectivity index is 2.57. The quantitative estimate of drug-likeness (QED) is 0.631. The van der Waals surface area contributed by atoms with E-state index in [-0.39, 0.29) is 5.78 Å². The number of rotatable bonds is 3. The van der Waals surface area contributed by atoms with Crippen LogP contribution in [-0.4, -0.2) is 35.7 Å². The van der Waals surface area contributed by atoms with Gasteiger partial charge in [-0.15, -0.1) is 0 Å². The summed E-state index contributed by atoms with van der Waals surface area (Å²) in [5, 5.41) is 0. The molecule has 60 valence electrons. The van der Waals surface area contributed by atoms with Gasteiger partial charge in [0, 0.05) is 6.20 Å². The Bertz CT molecular complexity index is 231. The number of hydrogen-bond donors (Lipinski definition) is 0. The molecule has 0 aromatic carbocycles. The van der Waals surface area contributed by atoms with Crippen molar-refractivity contribution in [2.45, 2.75) is 0 Å². The fourth-order valence-electron chi connectivity index (χ4n) is 0.725. The van der Waals surface area contributed by atoms with Crippen molar-refractivity contribution in [3.63, 3.8) is 0 Å². The van der Waals surface area contributed by atoms with Crippen molar-refractivity contribution < 1.29 is 4.79 Å². The number of ketones is 1. The van der Waals surface area contributed by atoms with Gasteiger partial charge in [0.05, 0.1) is 11.4 Å². The van der Waals surface area contributed by atoms with Crippen molar-refractivity contribution >= 4 is 17.3 Å². The van der Waals surface area contributed by atoms with Crippen LogP contribution in [0.5, 0.6) is 0 Å². The lowest BCUT2D eigenvalue weighted by atomic mass is 10.3. The van der Waals surface area contributed by atoms with E-state index in [1.165, 1.54) is 11.5 Å². The molecule has 0 aliphatic heterocycles. The van der Waals surface area contributed by atoms with Crippen molar-refractivity contribution in [1.29, 1.82) is 0 Å². The first kappa shape index (κ1) is 8.36. The number of hydrogen-bond acceptors (Lipinski definition) is 4. The highest BCUT2D eigenvalue weighted by molar-refractivity contribution is 7.08. The van der Waals surface area contributed by atoms with Gasteiger partial charge in [-0.25, -0.2) is 4.37 Å². The summed E-state index contributed by atoms with van der Waals surface area (Å²) < 4.78 is 3.85. The van der Waals surface area contributed by atoms with Crippen LogP contribution in [0.15, 0.2) is 12.3 Å². The summed E-state index contributed by atoms with van der Waals surface area (Å²) in [6.45, 7) is 0.461. The minimum atomic E-state index is 0.137. The molecule has 0 atom stereocenters. The molecule has 0 unspecified atom stereocenters. The van der Waals surface area contributed by atoms with Crippen LogP contribution in [0.2, 0.25) is 0 Å². The Morgan fingerprint density at radius 1 is 1.73 bits per heavy atom. The first-order chi connectivity index (χ1) is 5.20. The maximum absolute atomic E-state index is 11.2. The maximum atomic E-state index is 11.2. The van der Waals surface area contributed by atoms with Crippen LogP contribution in [0.25, 0.3) is 0 Å². The average molecular weight is 170 g/mol. The summed E-state index contributed by atoms with van der Waals surface area (Å²) in [5.41, 5.74) is 0. The Labute approximate surface area is 69.8 Å². The van der Waals surface area contributed by atoms with Gasteiger partial charge >= 0.3 is 0 Å². The fraction of sp³-hybridized carbons (Fsp3) is 0.429. The summed E-state index contributed by atoms with van der Waals surface area (Å²) in [6.07, 6.45) is 1.65. The van der Waals surface area contributed by atoms with Crippen LogP contribution in [-0.2, 0) is 0 Å². The molecule has 11 heavy (non-hydrogen) atoms. The van der Waals surface area contributed by atoms with E-state index < -0.39 is 0 Å². The lowest BCUT2D eigenvalue weighted by molar-refractivity contribution is 0.0962. The third-order valence-electron chi connectivity index (χ3n) is 1.17. The molecule has 0 radical (unpaired) electrons. The van der Waals surface area contributed by atoms with Gasteiger partial charge in [0.15, 0.2) is 5.78 Å². The number of carbonyl (C=O) groups excluding carboxylic acids is 1. The summed E-state index contributed by atoms with van der Waals surface area (Å²) in [5.74, 6) is 0.137. The van der Waals surface area contributed by atoms with E-state index >= 15 is 0 Å². The number of aromatic nitrogens is 1. The molecule has 0 bridgehead atoms. The van der Waals surface area contributed by atoms with Gasteiger partial charge in [0.1, 0.15) is 0 Å². The van der Waals surface area contributed by atoms with Gasteiger partial charge in [-0.05, 0) is 31.7 Å². The molecule has 0 aliphatic rings. The largest absolute Gasteiger partial charge is 0.302 e. The smallest absolute Gasteiger partial charge is 0.188 e. The molecule has 0 fully saturated rings. The molecule has 1 aromatic heterocycles. The van der Waals surface area contributed by atoms with Crippen molar-refractivity contribution in [3.8, 4) is 0 Å². The molecule has 4 heteroatoms. The molecule has 1 heterocycles. The second-order valence-corrected chi connectivity index (χ2v) is 3.37. The molecule has 0 spiro atoms. The highest BCUT2D eigenvalue weighted by Gasteiger charge is 2.07. The van der Waals surface area contributed by atoms with Gasteiger partial charge in [-0.2, -0.15) is 0 Å². The lowest BCUT2D eigenvalue weighted by Gasteiger charge is -2.05. The van der Waals surface area contributed by atoms with Gasteiger partial charge in [-0.1, -0.05) is 0 Å². The zero-order chi connectivity index (χ0) is 8.27. The molecular weight excluding hydrogens is 160 g/mol. The minimum absolute atomic E-state index is 0.137. The zero-order valence-electron chi connectivity index (χ0n) is 6.57. The standard InChI is InChI=1S/C7H10N2OS/c1-9(2)5-6(10)7-3-4-8-11-7/h3-4H,5H2,1-2H3. The molecule has 0 aliphatic carbocycles. The first-order valence-corrected chi connectivity index (χ1v) is 4.06. The van der Waals surface area contributed by atoms with E-state index in [2.05, 4.69) is 4.37 Å². The number of nitrogens with zero attached hydrogens (tertiary/aromatic N) is 2. The minimum Gasteiger partial charge on any atom is -0.302 e. The van der Waals surface area contributed by atoms with Crippen LogP contribution in [0, 0.1) is 0 Å². The van der Waals surface area contributed by atoms with Gasteiger partial charge in [0.2, 0.25) is 0 Å². The Kier molecular flexibility index (Phi) is 2.73. The van der Waals surface area contributed by atoms with E-state index in [0.29, 0.717) is 6.54 Å². The summed E-state index contributed by atoms with van der Waals surface area (Å²) in [7, 11) is 3.75. The Hall–Kier alpha value is -0.740. The normalized spacial score (nSPS) is 10.5. The van der Waals surface area contributed by atoms with Crippen LogP contribution < -0.4 is 0 Å². The highest BCUT2D eigenvalue weighted by Crippen LogP contribution is 2.05. The molecule has 0 saturated carbocycles. The van der Waals surface area contributed by atoms with E-state index in [1.54, 1.807) is 12.3 Å². The van der Waals surface area contributed by atoms with E-state index in [1.807, 2.05) is 19.0 Å². The number of Topliss-reactive ketones (excluding diaryl/α,β-unsaturated/α-hetero) is 1. The summed E-state index contributed by atoms with van der Waals surface area (Å²) >= 11 is 1.25. The SMILES string of the molecule is CN(C)CC(=O)c1ccns1. The molecule has 0 saturated heterocycles. The number of carbonyl (C=O) groups is 1. The topological polar surface area (TPSA) is 33.2 Å². The van der Waals surface area contributed by atoms with E-state index in [4.69, 9.17) is 0 Å². The molecular formula is C7H10N2OS.